The van der Waals surface area contributed by atoms with Gasteiger partial charge < -0.3 is 0 Å². The van der Waals surface area contributed by atoms with E-state index in [9.17, 15) is 4.21 Å². The van der Waals surface area contributed by atoms with E-state index in [1.807, 2.05) is 0 Å². The van der Waals surface area contributed by atoms with Crippen LogP contribution in [0.4, 0.5) is 0 Å². The second kappa shape index (κ2) is 9.43. The molecule has 0 N–H and O–H groups in total. The van der Waals surface area contributed by atoms with Crippen LogP contribution in [0, 0.1) is 11.8 Å². The standard InChI is InChI=1S/C10H8Cl6O2S2/c1-3-4-8(20(17)10(14,15)16)6-5-7(2)18-19-9(11,12)13/h3,7H,1-2H3. The highest BCUT2D eigenvalue weighted by Gasteiger charge is 2.31. The molecule has 0 saturated heterocycles. The van der Waals surface area contributed by atoms with E-state index in [4.69, 9.17) is 73.8 Å². The smallest absolute Gasteiger partial charge is 0.271 e. The largest absolute Gasteiger partial charge is 0.295 e. The van der Waals surface area contributed by atoms with Crippen molar-refractivity contribution in [2.24, 2.45) is 0 Å². The fourth-order valence-corrected chi connectivity index (χ4v) is 2.63. The molecule has 0 rings (SSSR count). The van der Waals surface area contributed by atoms with Crippen molar-refractivity contribution in [1.82, 2.24) is 0 Å². The average Bonchev–Trinajstić information content (AvgIpc) is 2.29. The van der Waals surface area contributed by atoms with Crippen molar-refractivity contribution in [2.45, 2.75) is 26.2 Å². The first kappa shape index (κ1) is 21.3. The molecule has 20 heavy (non-hydrogen) atoms. The van der Waals surface area contributed by atoms with Crippen LogP contribution >= 0.6 is 81.6 Å². The van der Waals surface area contributed by atoms with Crippen molar-refractivity contribution in [3.05, 3.63) is 16.7 Å². The molecular formula is C10H8Cl6O2S2. The third-order valence-corrected chi connectivity index (χ3v) is 4.76. The summed E-state index contributed by atoms with van der Waals surface area (Å²) in [4.78, 5) is 0.0295. The summed E-state index contributed by atoms with van der Waals surface area (Å²) in [5.41, 5.74) is 2.64. The van der Waals surface area contributed by atoms with Crippen LogP contribution in [0.3, 0.4) is 0 Å². The molecule has 2 atom stereocenters. The minimum atomic E-state index is -1.99. The number of hydrogen-bond acceptors (Lipinski definition) is 3. The predicted octanol–water partition coefficient (Wildman–Crippen LogP) is 5.51. The second-order valence-corrected chi connectivity index (χ2v) is 11.5. The molecule has 114 valence electrons. The van der Waals surface area contributed by atoms with E-state index < -0.39 is 23.2 Å². The van der Waals surface area contributed by atoms with Gasteiger partial charge in [-0.15, -0.1) is 0 Å². The molecule has 0 saturated carbocycles. The fourth-order valence-electron chi connectivity index (χ4n) is 0.701. The van der Waals surface area contributed by atoms with Crippen LogP contribution < -0.4 is 0 Å². The Kier molecular flexibility index (Phi) is 10.0. The number of halogens is 6. The lowest BCUT2D eigenvalue weighted by atomic mass is 10.4. The highest BCUT2D eigenvalue weighted by atomic mass is 35.6. The topological polar surface area (TPSA) is 26.3 Å². The lowest BCUT2D eigenvalue weighted by Crippen LogP contribution is -2.13. The Balaban J connectivity index is 4.94. The first-order chi connectivity index (χ1) is 8.97. The van der Waals surface area contributed by atoms with Gasteiger partial charge in [-0.1, -0.05) is 81.3 Å². The van der Waals surface area contributed by atoms with Crippen LogP contribution in [0.15, 0.2) is 16.7 Å². The van der Waals surface area contributed by atoms with Gasteiger partial charge in [-0.25, -0.2) is 4.21 Å². The highest BCUT2D eigenvalue weighted by Crippen LogP contribution is 2.40. The SMILES string of the molecule is CC=C=C(C#CC(C)OSC(Cl)(Cl)Cl)S(=O)C(Cl)(Cl)Cl. The molecule has 2 nitrogen and oxygen atoms in total. The van der Waals surface area contributed by atoms with Gasteiger partial charge in [0.1, 0.15) is 21.8 Å². The van der Waals surface area contributed by atoms with Gasteiger partial charge in [0.05, 0.1) is 0 Å². The lowest BCUT2D eigenvalue weighted by Gasteiger charge is -2.11. The van der Waals surface area contributed by atoms with Crippen LogP contribution in [-0.2, 0) is 15.0 Å². The van der Waals surface area contributed by atoms with E-state index in [-0.39, 0.29) is 4.91 Å². The quantitative estimate of drug-likeness (QED) is 0.252. The van der Waals surface area contributed by atoms with Crippen molar-refractivity contribution in [1.29, 1.82) is 0 Å². The maximum Gasteiger partial charge on any atom is 0.271 e. The van der Waals surface area contributed by atoms with Crippen molar-refractivity contribution >= 4 is 92.4 Å². The molecule has 0 aliphatic carbocycles. The van der Waals surface area contributed by atoms with Crippen LogP contribution in [0.2, 0.25) is 0 Å². The van der Waals surface area contributed by atoms with Crippen molar-refractivity contribution in [3.63, 3.8) is 0 Å². The summed E-state index contributed by atoms with van der Waals surface area (Å²) in [7, 11) is -1.96. The molecule has 0 aliphatic heterocycles. The number of rotatable bonds is 3. The molecule has 0 bridgehead atoms. The summed E-state index contributed by atoms with van der Waals surface area (Å²) in [6, 6.07) is 0. The zero-order valence-corrected chi connectivity index (χ0v) is 16.2. The molecule has 0 fully saturated rings. The maximum absolute atomic E-state index is 11.9. The van der Waals surface area contributed by atoms with Gasteiger partial charge >= 0.3 is 0 Å². The molecule has 2 unspecified atom stereocenters. The van der Waals surface area contributed by atoms with E-state index in [0.717, 1.165) is 0 Å². The van der Waals surface area contributed by atoms with E-state index in [0.29, 0.717) is 12.0 Å². The minimum absolute atomic E-state index is 0.0295. The summed E-state index contributed by atoms with van der Waals surface area (Å²) in [5.74, 6) is 5.20. The summed E-state index contributed by atoms with van der Waals surface area (Å²) in [5, 5.41) is 0. The minimum Gasteiger partial charge on any atom is -0.295 e. The average molecular weight is 437 g/mol. The predicted molar refractivity (Wildman–Crippen MR) is 91.9 cm³/mol. The van der Waals surface area contributed by atoms with E-state index in [1.165, 1.54) is 6.08 Å². The molecule has 0 aromatic heterocycles. The molecule has 0 aliphatic rings. The van der Waals surface area contributed by atoms with Gasteiger partial charge in [-0.3, -0.25) is 4.18 Å². The van der Waals surface area contributed by atoms with Gasteiger partial charge in [0.25, 0.3) is 6.25 Å². The molecule has 0 radical (unpaired) electrons. The maximum atomic E-state index is 11.9. The molecule has 0 amide bonds. The Hall–Kier alpha value is 1.28. The van der Waals surface area contributed by atoms with Gasteiger partial charge in [0.15, 0.2) is 0 Å². The Morgan fingerprint density at radius 1 is 1.30 bits per heavy atom. The second-order valence-electron chi connectivity index (χ2n) is 3.01. The van der Waals surface area contributed by atoms with Crippen LogP contribution in [0.25, 0.3) is 0 Å². The molecule has 0 spiro atoms. The van der Waals surface area contributed by atoms with Crippen molar-refractivity contribution < 1.29 is 8.39 Å². The summed E-state index contributed by atoms with van der Waals surface area (Å²) < 4.78 is 13.4. The Bertz CT molecular complexity index is 477. The lowest BCUT2D eigenvalue weighted by molar-refractivity contribution is 0.331. The van der Waals surface area contributed by atoms with E-state index in [1.54, 1.807) is 13.8 Å². The molecule has 0 aromatic rings. The van der Waals surface area contributed by atoms with Gasteiger partial charge in [0, 0.05) is 12.0 Å². The van der Waals surface area contributed by atoms with Crippen LogP contribution in [0.5, 0.6) is 0 Å². The third kappa shape index (κ3) is 10.1. The molecular weight excluding hydrogens is 429 g/mol. The van der Waals surface area contributed by atoms with Crippen LogP contribution in [-0.4, -0.2) is 16.6 Å². The Labute approximate surface area is 154 Å². The fraction of sp³-hybridized carbons (Fsp3) is 0.500. The monoisotopic (exact) mass is 434 g/mol. The Morgan fingerprint density at radius 2 is 1.85 bits per heavy atom. The van der Waals surface area contributed by atoms with Crippen molar-refractivity contribution in [3.8, 4) is 11.8 Å². The normalized spacial score (nSPS) is 14.6. The zero-order valence-electron chi connectivity index (χ0n) is 10.1. The Morgan fingerprint density at radius 3 is 2.25 bits per heavy atom. The third-order valence-electron chi connectivity index (χ3n) is 1.35. The summed E-state index contributed by atoms with van der Waals surface area (Å²) in [6.45, 7) is 3.28. The highest BCUT2D eigenvalue weighted by molar-refractivity contribution is 8.00. The molecule has 10 heteroatoms. The number of hydrogen-bond donors (Lipinski definition) is 0. The number of alkyl halides is 6. The van der Waals surface area contributed by atoms with Gasteiger partial charge in [-0.2, -0.15) is 0 Å². The van der Waals surface area contributed by atoms with Crippen LogP contribution in [0.1, 0.15) is 13.8 Å². The first-order valence-electron chi connectivity index (χ1n) is 4.80. The molecule has 0 aromatic carbocycles. The van der Waals surface area contributed by atoms with Crippen molar-refractivity contribution in [2.75, 3.05) is 0 Å². The zero-order chi connectivity index (χ0) is 16.0. The van der Waals surface area contributed by atoms with Gasteiger partial charge in [-0.05, 0) is 25.8 Å². The number of allylic oxidation sites excluding steroid dienone is 1. The summed E-state index contributed by atoms with van der Waals surface area (Å²) in [6.07, 6.45) is 0.900. The van der Waals surface area contributed by atoms with Gasteiger partial charge in [0.2, 0.25) is 0 Å². The molecule has 0 heterocycles. The summed E-state index contributed by atoms with van der Waals surface area (Å²) >= 11 is 33.8. The van der Waals surface area contributed by atoms with E-state index in [2.05, 4.69) is 17.6 Å². The first-order valence-corrected chi connectivity index (χ1v) is 8.96. The van der Waals surface area contributed by atoms with E-state index >= 15 is 0 Å².